The zero-order chi connectivity index (χ0) is 30.1. The van der Waals surface area contributed by atoms with Crippen LogP contribution in [0.15, 0.2) is 125 Å². The van der Waals surface area contributed by atoms with Crippen LogP contribution in [0.3, 0.4) is 0 Å². The third-order valence-electron chi connectivity index (χ3n) is 7.08. The van der Waals surface area contributed by atoms with Crippen molar-refractivity contribution in [3.63, 3.8) is 0 Å². The molecule has 0 saturated heterocycles. The van der Waals surface area contributed by atoms with E-state index in [0.717, 1.165) is 44.6 Å². The van der Waals surface area contributed by atoms with Gasteiger partial charge in [-0.2, -0.15) is 0 Å². The lowest BCUT2D eigenvalue weighted by Gasteiger charge is -2.06. The summed E-state index contributed by atoms with van der Waals surface area (Å²) in [6.07, 6.45) is 5.07. The fraction of sp³-hybridized carbons (Fsp3) is 0.179. The van der Waals surface area contributed by atoms with Gasteiger partial charge in [-0.05, 0) is 65.9 Å². The maximum atomic E-state index is 12.9. The van der Waals surface area contributed by atoms with Crippen molar-refractivity contribution in [2.75, 3.05) is 6.26 Å². The summed E-state index contributed by atoms with van der Waals surface area (Å²) in [5.74, 6) is 0. The van der Waals surface area contributed by atoms with Gasteiger partial charge >= 0.3 is 0 Å². The molecular weight excluding hydrogens is 545 g/mol. The summed E-state index contributed by atoms with van der Waals surface area (Å²) in [4.78, 5) is 18.9. The molecular formula is C39H42N2OS. The summed E-state index contributed by atoms with van der Waals surface area (Å²) in [6.45, 7) is 12.0. The van der Waals surface area contributed by atoms with Gasteiger partial charge in [-0.15, -0.1) is 11.8 Å². The molecule has 2 heterocycles. The average Bonchev–Trinajstić information content (AvgIpc) is 3.45. The van der Waals surface area contributed by atoms with Gasteiger partial charge in [0.1, 0.15) is 5.65 Å². The molecule has 0 N–H and O–H groups in total. The molecule has 0 radical (unpaired) electrons. The quantitative estimate of drug-likeness (QED) is 0.193. The fourth-order valence-corrected chi connectivity index (χ4v) is 5.52. The Labute approximate surface area is 260 Å². The Morgan fingerprint density at radius 3 is 2.05 bits per heavy atom. The highest BCUT2D eigenvalue weighted by Gasteiger charge is 2.14. The molecule has 0 aliphatic heterocycles. The van der Waals surface area contributed by atoms with Crippen LogP contribution in [-0.4, -0.2) is 15.6 Å². The summed E-state index contributed by atoms with van der Waals surface area (Å²) in [5, 5.41) is 3.86. The van der Waals surface area contributed by atoms with Crippen LogP contribution in [0.2, 0.25) is 0 Å². The van der Waals surface area contributed by atoms with E-state index in [1.165, 1.54) is 21.6 Å². The molecule has 0 spiro atoms. The highest BCUT2D eigenvalue weighted by atomic mass is 32.2. The Morgan fingerprint density at radius 2 is 1.44 bits per heavy atom. The van der Waals surface area contributed by atoms with E-state index in [9.17, 15) is 4.79 Å². The van der Waals surface area contributed by atoms with Gasteiger partial charge in [0.15, 0.2) is 0 Å². The summed E-state index contributed by atoms with van der Waals surface area (Å²) < 4.78 is 1.73. The van der Waals surface area contributed by atoms with Crippen LogP contribution in [0, 0.1) is 6.92 Å². The molecule has 0 amide bonds. The molecule has 0 aliphatic carbocycles. The van der Waals surface area contributed by atoms with Crippen molar-refractivity contribution in [2.24, 2.45) is 0 Å². The molecule has 7 rings (SSSR count). The number of aryl methyl sites for hydroxylation is 2. The summed E-state index contributed by atoms with van der Waals surface area (Å²) in [5.41, 5.74) is 6.40. The zero-order valence-electron chi connectivity index (χ0n) is 25.1. The first-order chi connectivity index (χ1) is 20.5. The summed E-state index contributed by atoms with van der Waals surface area (Å²) in [7, 11) is 0. The number of aromatic nitrogens is 2. The third-order valence-corrected chi connectivity index (χ3v) is 7.97. The Balaban J connectivity index is 0.000000194. The highest BCUT2D eigenvalue weighted by Crippen LogP contribution is 2.29. The number of hydrogen-bond acceptors (Lipinski definition) is 3. The number of thioether (sulfide) groups is 1. The maximum absolute atomic E-state index is 12.9. The van der Waals surface area contributed by atoms with E-state index in [0.29, 0.717) is 0 Å². The lowest BCUT2D eigenvalue weighted by molar-refractivity contribution is 1.14. The molecule has 5 aromatic carbocycles. The topological polar surface area (TPSA) is 34.4 Å². The number of para-hydroxylation sites is 2. The number of benzene rings is 5. The standard InChI is InChI=1S/C18H10N2O.C10H12.C8H10S.C2H6.CH4/c21-18-13-8-4-6-11-5-3-7-12(16(11)13)17-19-14-9-1-2-10-15(14)20(17)18;1-3-9-5-7-10(4-2)8-6-9;1-7-5-3-4-6-8(7)9-2;1-2;/h1-10H;3,5-8H,1,4H2,2H3;3-6H,1-2H3;1-2H3;1H4. The largest absolute Gasteiger partial charge is 0.268 e. The van der Waals surface area contributed by atoms with Gasteiger partial charge in [0, 0.05) is 21.1 Å². The minimum Gasteiger partial charge on any atom is -0.268 e. The van der Waals surface area contributed by atoms with E-state index in [-0.39, 0.29) is 13.0 Å². The molecule has 0 aliphatic rings. The maximum Gasteiger partial charge on any atom is 0.264 e. The normalized spacial score (nSPS) is 10.2. The van der Waals surface area contributed by atoms with Crippen molar-refractivity contribution >= 4 is 56.1 Å². The third kappa shape index (κ3) is 7.15. The predicted octanol–water partition coefficient (Wildman–Crippen LogP) is 10.9. The molecule has 2 aromatic heterocycles. The number of rotatable bonds is 3. The van der Waals surface area contributed by atoms with Crippen LogP contribution < -0.4 is 5.56 Å². The predicted molar refractivity (Wildman–Crippen MR) is 192 cm³/mol. The first kappa shape index (κ1) is 33.1. The van der Waals surface area contributed by atoms with Crippen molar-refractivity contribution in [2.45, 2.75) is 46.4 Å². The molecule has 7 aromatic rings. The SMILES string of the molecule is C.C=Cc1ccc(CC)cc1.CC.CSc1ccccc1C.O=c1c2cccc3cccc(c32)c2nc3ccccc3n12. The van der Waals surface area contributed by atoms with Crippen LogP contribution in [-0.2, 0) is 6.42 Å². The average molecular weight is 587 g/mol. The Hall–Kier alpha value is -4.41. The summed E-state index contributed by atoms with van der Waals surface area (Å²) in [6, 6.07) is 36.6. The van der Waals surface area contributed by atoms with Crippen molar-refractivity contribution in [3.05, 3.63) is 143 Å². The van der Waals surface area contributed by atoms with Crippen LogP contribution in [0.25, 0.3) is 44.3 Å². The van der Waals surface area contributed by atoms with E-state index < -0.39 is 0 Å². The van der Waals surface area contributed by atoms with E-state index in [2.05, 4.69) is 80.2 Å². The number of pyridine rings is 1. The van der Waals surface area contributed by atoms with E-state index >= 15 is 0 Å². The molecule has 0 bridgehead atoms. The smallest absolute Gasteiger partial charge is 0.264 e. The Bertz CT molecular complexity index is 1970. The molecule has 43 heavy (non-hydrogen) atoms. The fourth-order valence-electron chi connectivity index (χ4n) is 4.91. The van der Waals surface area contributed by atoms with Gasteiger partial charge < -0.3 is 0 Å². The zero-order valence-corrected chi connectivity index (χ0v) is 25.9. The second kappa shape index (κ2) is 15.7. The minimum absolute atomic E-state index is 0. The van der Waals surface area contributed by atoms with E-state index in [4.69, 9.17) is 0 Å². The van der Waals surface area contributed by atoms with Crippen molar-refractivity contribution in [1.82, 2.24) is 9.38 Å². The number of fused-ring (bicyclic) bond motifs is 4. The minimum atomic E-state index is 0. The van der Waals surface area contributed by atoms with Gasteiger partial charge in [0.25, 0.3) is 5.56 Å². The lowest BCUT2D eigenvalue weighted by Crippen LogP contribution is -2.13. The molecule has 0 fully saturated rings. The first-order valence-electron chi connectivity index (χ1n) is 14.4. The van der Waals surface area contributed by atoms with Crippen LogP contribution in [0.5, 0.6) is 0 Å². The first-order valence-corrected chi connectivity index (χ1v) is 15.6. The summed E-state index contributed by atoms with van der Waals surface area (Å²) >= 11 is 1.80. The van der Waals surface area contributed by atoms with Crippen molar-refractivity contribution in [1.29, 1.82) is 0 Å². The number of nitrogens with zero attached hydrogens (tertiary/aromatic N) is 2. The molecule has 0 unspecified atom stereocenters. The van der Waals surface area contributed by atoms with Gasteiger partial charge in [-0.25, -0.2) is 4.98 Å². The van der Waals surface area contributed by atoms with Gasteiger partial charge in [-0.1, -0.05) is 126 Å². The lowest BCUT2D eigenvalue weighted by atomic mass is 10.0. The highest BCUT2D eigenvalue weighted by molar-refractivity contribution is 7.98. The van der Waals surface area contributed by atoms with Crippen molar-refractivity contribution in [3.8, 4) is 0 Å². The van der Waals surface area contributed by atoms with Crippen LogP contribution in [0.1, 0.15) is 44.9 Å². The number of hydrogen-bond donors (Lipinski definition) is 0. The second-order valence-corrected chi connectivity index (χ2v) is 10.4. The van der Waals surface area contributed by atoms with Gasteiger partial charge in [0.2, 0.25) is 0 Å². The molecule has 220 valence electrons. The molecule has 3 nitrogen and oxygen atoms in total. The van der Waals surface area contributed by atoms with E-state index in [1.807, 2.05) is 80.6 Å². The van der Waals surface area contributed by atoms with Crippen LogP contribution >= 0.6 is 11.8 Å². The van der Waals surface area contributed by atoms with Crippen molar-refractivity contribution < 1.29 is 0 Å². The second-order valence-electron chi connectivity index (χ2n) is 9.54. The Morgan fingerprint density at radius 1 is 0.814 bits per heavy atom. The van der Waals surface area contributed by atoms with Gasteiger partial charge in [0.05, 0.1) is 11.0 Å². The molecule has 4 heteroatoms. The van der Waals surface area contributed by atoms with E-state index in [1.54, 1.807) is 16.2 Å². The number of imidazole rings is 1. The molecule has 0 saturated carbocycles. The van der Waals surface area contributed by atoms with Gasteiger partial charge in [-0.3, -0.25) is 9.20 Å². The monoisotopic (exact) mass is 586 g/mol. The Kier molecular flexibility index (Phi) is 12.1. The van der Waals surface area contributed by atoms with Crippen LogP contribution in [0.4, 0.5) is 0 Å². The molecule has 0 atom stereocenters.